The van der Waals surface area contributed by atoms with Crippen LogP contribution in [0, 0.1) is 6.92 Å². The van der Waals surface area contributed by atoms with Crippen molar-refractivity contribution >= 4 is 11.6 Å². The summed E-state index contributed by atoms with van der Waals surface area (Å²) in [5.41, 5.74) is 0.526. The summed E-state index contributed by atoms with van der Waals surface area (Å²) in [5, 5.41) is 8.82. The van der Waals surface area contributed by atoms with Crippen LogP contribution in [-0.2, 0) is 0 Å². The summed E-state index contributed by atoms with van der Waals surface area (Å²) in [6, 6.07) is 2.90. The lowest BCUT2D eigenvalue weighted by atomic mass is 10.3. The van der Waals surface area contributed by atoms with Crippen LogP contribution in [0.1, 0.15) is 5.82 Å². The quantitative estimate of drug-likeness (QED) is 0.702. The van der Waals surface area contributed by atoms with Gasteiger partial charge in [-0.3, -0.25) is 0 Å². The first-order chi connectivity index (χ1) is 12.3. The molecule has 0 aliphatic heterocycles. The van der Waals surface area contributed by atoms with Crippen molar-refractivity contribution in [3.05, 3.63) is 24.2 Å². The summed E-state index contributed by atoms with van der Waals surface area (Å²) in [6.45, 7) is 0.548. The normalized spacial score (nSPS) is 11.4. The van der Waals surface area contributed by atoms with Gasteiger partial charge in [-0.2, -0.15) is 28.1 Å². The average Bonchev–Trinajstić information content (AvgIpc) is 3.09. The van der Waals surface area contributed by atoms with Gasteiger partial charge in [0, 0.05) is 7.05 Å². The van der Waals surface area contributed by atoms with E-state index in [9.17, 15) is 13.2 Å². The monoisotopic (exact) mass is 366 g/mol. The number of aromatic nitrogens is 6. The SMILES string of the molecule is CNc1nc(C)nc(-c2noc(-c3ccc(NCC(F)(F)F)cn3)n2)n1. The Balaban J connectivity index is 1.78. The Hall–Kier alpha value is -3.31. The van der Waals surface area contributed by atoms with Crippen molar-refractivity contribution in [2.24, 2.45) is 0 Å². The fourth-order valence-electron chi connectivity index (χ4n) is 1.94. The maximum atomic E-state index is 12.2. The van der Waals surface area contributed by atoms with Crippen molar-refractivity contribution in [2.75, 3.05) is 24.2 Å². The van der Waals surface area contributed by atoms with E-state index in [4.69, 9.17) is 4.52 Å². The standard InChI is InChI=1S/C14H13F3N8O/c1-7-21-10(24-13(18-2)22-7)11-23-12(26-25-11)9-4-3-8(5-19-9)20-6-14(15,16)17/h3-5,20H,6H2,1-2H3,(H,18,21,22,24). The minimum atomic E-state index is -4.31. The van der Waals surface area contributed by atoms with E-state index in [0.717, 1.165) is 0 Å². The molecule has 3 aromatic rings. The van der Waals surface area contributed by atoms with Crippen LogP contribution >= 0.6 is 0 Å². The molecule has 0 aromatic carbocycles. The summed E-state index contributed by atoms with van der Waals surface area (Å²) in [7, 11) is 1.67. The molecule has 12 heteroatoms. The second kappa shape index (κ2) is 6.90. The van der Waals surface area contributed by atoms with Gasteiger partial charge in [-0.15, -0.1) is 0 Å². The van der Waals surface area contributed by atoms with E-state index in [0.29, 0.717) is 17.5 Å². The van der Waals surface area contributed by atoms with Gasteiger partial charge in [0.1, 0.15) is 18.1 Å². The Kier molecular flexibility index (Phi) is 4.65. The van der Waals surface area contributed by atoms with Crippen LogP contribution in [0.4, 0.5) is 24.8 Å². The Labute approximate surface area is 145 Å². The molecule has 0 amide bonds. The lowest BCUT2D eigenvalue weighted by molar-refractivity contribution is -0.115. The van der Waals surface area contributed by atoms with E-state index >= 15 is 0 Å². The van der Waals surface area contributed by atoms with Crippen LogP contribution in [0.25, 0.3) is 23.2 Å². The Morgan fingerprint density at radius 2 is 1.88 bits per heavy atom. The summed E-state index contributed by atoms with van der Waals surface area (Å²) in [4.78, 5) is 20.5. The topological polar surface area (TPSA) is 115 Å². The van der Waals surface area contributed by atoms with Gasteiger partial charge in [0.15, 0.2) is 0 Å². The Morgan fingerprint density at radius 1 is 1.08 bits per heavy atom. The third-order valence-corrected chi connectivity index (χ3v) is 3.07. The predicted octanol–water partition coefficient (Wildman–Crippen LogP) is 2.31. The largest absolute Gasteiger partial charge is 0.405 e. The van der Waals surface area contributed by atoms with Crippen LogP contribution in [0.2, 0.25) is 0 Å². The van der Waals surface area contributed by atoms with Crippen molar-refractivity contribution in [1.29, 1.82) is 0 Å². The van der Waals surface area contributed by atoms with Crippen molar-refractivity contribution in [2.45, 2.75) is 13.1 Å². The highest BCUT2D eigenvalue weighted by atomic mass is 19.4. The van der Waals surface area contributed by atoms with Gasteiger partial charge in [0.25, 0.3) is 5.89 Å². The third-order valence-electron chi connectivity index (χ3n) is 3.07. The van der Waals surface area contributed by atoms with Crippen molar-refractivity contribution in [3.8, 4) is 23.2 Å². The fourth-order valence-corrected chi connectivity index (χ4v) is 1.94. The number of alkyl halides is 3. The molecule has 0 fully saturated rings. The van der Waals surface area contributed by atoms with Crippen LogP contribution in [0.15, 0.2) is 22.9 Å². The van der Waals surface area contributed by atoms with Gasteiger partial charge in [-0.1, -0.05) is 5.16 Å². The predicted molar refractivity (Wildman–Crippen MR) is 85.2 cm³/mol. The minimum Gasteiger partial charge on any atom is -0.375 e. The summed E-state index contributed by atoms with van der Waals surface area (Å²) in [6.07, 6.45) is -3.06. The highest BCUT2D eigenvalue weighted by molar-refractivity contribution is 5.55. The zero-order valence-corrected chi connectivity index (χ0v) is 13.7. The number of anilines is 2. The molecular weight excluding hydrogens is 353 g/mol. The number of hydrogen-bond donors (Lipinski definition) is 2. The van der Waals surface area contributed by atoms with E-state index in [2.05, 4.69) is 40.7 Å². The molecule has 3 rings (SSSR count). The zero-order chi connectivity index (χ0) is 18.7. The molecule has 0 atom stereocenters. The second-order valence-electron chi connectivity index (χ2n) is 5.10. The third kappa shape index (κ3) is 4.20. The molecule has 3 aromatic heterocycles. The van der Waals surface area contributed by atoms with Gasteiger partial charge in [-0.05, 0) is 19.1 Å². The first-order valence-electron chi connectivity index (χ1n) is 7.35. The summed E-state index contributed by atoms with van der Waals surface area (Å²) >= 11 is 0. The van der Waals surface area contributed by atoms with E-state index in [1.807, 2.05) is 0 Å². The summed E-state index contributed by atoms with van der Waals surface area (Å²) < 4.78 is 41.7. The van der Waals surface area contributed by atoms with Crippen LogP contribution in [0.5, 0.6) is 0 Å². The van der Waals surface area contributed by atoms with Gasteiger partial charge < -0.3 is 15.2 Å². The van der Waals surface area contributed by atoms with Crippen molar-refractivity contribution in [3.63, 3.8) is 0 Å². The Bertz CT molecular complexity index is 894. The van der Waals surface area contributed by atoms with Gasteiger partial charge >= 0.3 is 6.18 Å². The maximum Gasteiger partial charge on any atom is 0.405 e. The number of aryl methyl sites for hydroxylation is 1. The molecular formula is C14H13F3N8O. The molecule has 0 radical (unpaired) electrons. The molecule has 0 unspecified atom stereocenters. The molecule has 0 aliphatic carbocycles. The highest BCUT2D eigenvalue weighted by Crippen LogP contribution is 2.21. The molecule has 0 saturated carbocycles. The minimum absolute atomic E-state index is 0.0893. The first-order valence-corrected chi connectivity index (χ1v) is 7.35. The highest BCUT2D eigenvalue weighted by Gasteiger charge is 2.26. The number of rotatable bonds is 5. The van der Waals surface area contributed by atoms with Gasteiger partial charge in [0.2, 0.25) is 17.6 Å². The lowest BCUT2D eigenvalue weighted by Gasteiger charge is -2.08. The van der Waals surface area contributed by atoms with Crippen LogP contribution in [-0.4, -0.2) is 49.8 Å². The fraction of sp³-hybridized carbons (Fsp3) is 0.286. The number of nitrogens with one attached hydrogen (secondary N) is 2. The molecule has 0 bridgehead atoms. The first kappa shape index (κ1) is 17.5. The molecule has 2 N–H and O–H groups in total. The molecule has 9 nitrogen and oxygen atoms in total. The molecule has 0 saturated heterocycles. The van der Waals surface area contributed by atoms with Crippen LogP contribution in [0.3, 0.4) is 0 Å². The van der Waals surface area contributed by atoms with Crippen LogP contribution < -0.4 is 10.6 Å². The number of hydrogen-bond acceptors (Lipinski definition) is 9. The van der Waals surface area contributed by atoms with E-state index in [1.165, 1.54) is 18.3 Å². The lowest BCUT2D eigenvalue weighted by Crippen LogP contribution is -2.21. The number of pyridine rings is 1. The number of nitrogens with zero attached hydrogens (tertiary/aromatic N) is 6. The van der Waals surface area contributed by atoms with E-state index in [-0.39, 0.29) is 23.2 Å². The van der Waals surface area contributed by atoms with Gasteiger partial charge in [0.05, 0.1) is 11.9 Å². The van der Waals surface area contributed by atoms with E-state index in [1.54, 1.807) is 14.0 Å². The Morgan fingerprint density at radius 3 is 2.54 bits per heavy atom. The molecule has 0 aliphatic rings. The van der Waals surface area contributed by atoms with Crippen molar-refractivity contribution < 1.29 is 17.7 Å². The maximum absolute atomic E-state index is 12.2. The molecule has 26 heavy (non-hydrogen) atoms. The zero-order valence-electron chi connectivity index (χ0n) is 13.7. The number of halogens is 3. The molecule has 3 heterocycles. The van der Waals surface area contributed by atoms with Gasteiger partial charge in [-0.25, -0.2) is 9.97 Å². The average molecular weight is 366 g/mol. The van der Waals surface area contributed by atoms with Crippen molar-refractivity contribution in [1.82, 2.24) is 30.1 Å². The summed E-state index contributed by atoms with van der Waals surface area (Å²) in [5.74, 6) is 1.29. The van der Waals surface area contributed by atoms with E-state index < -0.39 is 12.7 Å². The smallest absolute Gasteiger partial charge is 0.375 e. The molecule has 136 valence electrons. The second-order valence-corrected chi connectivity index (χ2v) is 5.10. The molecule has 0 spiro atoms.